The first kappa shape index (κ1) is 19.3. The van der Waals surface area contributed by atoms with Crippen molar-refractivity contribution in [3.8, 4) is 0 Å². The average molecular weight is 371 g/mol. The molecule has 1 unspecified atom stereocenters. The van der Waals surface area contributed by atoms with Gasteiger partial charge in [0.2, 0.25) is 0 Å². The molecule has 144 valence electrons. The van der Waals surface area contributed by atoms with Crippen molar-refractivity contribution in [1.82, 2.24) is 15.5 Å². The van der Waals surface area contributed by atoms with Crippen molar-refractivity contribution in [1.29, 1.82) is 0 Å². The van der Waals surface area contributed by atoms with E-state index in [2.05, 4.69) is 15.5 Å². The van der Waals surface area contributed by atoms with E-state index in [1.807, 2.05) is 37.3 Å². The number of halogens is 1. The molecule has 1 fully saturated rings. The summed E-state index contributed by atoms with van der Waals surface area (Å²) in [6, 6.07) is 14.2. The van der Waals surface area contributed by atoms with Gasteiger partial charge in [-0.3, -0.25) is 4.90 Å². The van der Waals surface area contributed by atoms with E-state index < -0.39 is 0 Å². The summed E-state index contributed by atoms with van der Waals surface area (Å²) in [7, 11) is 0. The highest BCUT2D eigenvalue weighted by molar-refractivity contribution is 5.73. The highest BCUT2D eigenvalue weighted by atomic mass is 19.1. The summed E-state index contributed by atoms with van der Waals surface area (Å²) < 4.78 is 19.1. The van der Waals surface area contributed by atoms with Gasteiger partial charge in [-0.15, -0.1) is 0 Å². The van der Waals surface area contributed by atoms with Gasteiger partial charge in [0, 0.05) is 26.2 Å². The molecule has 0 saturated carbocycles. The zero-order chi connectivity index (χ0) is 19.1. The summed E-state index contributed by atoms with van der Waals surface area (Å²) in [6.45, 7) is 5.70. The zero-order valence-electron chi connectivity index (χ0n) is 15.6. The van der Waals surface area contributed by atoms with Gasteiger partial charge in [0.25, 0.3) is 0 Å². The number of amides is 2. The molecule has 1 atom stereocenters. The molecule has 2 aromatic carbocycles. The summed E-state index contributed by atoms with van der Waals surface area (Å²) in [4.78, 5) is 14.5. The van der Waals surface area contributed by atoms with Gasteiger partial charge in [-0.2, -0.15) is 0 Å². The van der Waals surface area contributed by atoms with Gasteiger partial charge in [-0.05, 0) is 35.7 Å². The van der Waals surface area contributed by atoms with Crippen molar-refractivity contribution in [2.24, 2.45) is 0 Å². The normalized spacial score (nSPS) is 15.9. The summed E-state index contributed by atoms with van der Waals surface area (Å²) in [5.74, 6) is -0.269. The number of rotatable bonds is 6. The van der Waals surface area contributed by atoms with Gasteiger partial charge in [0.15, 0.2) is 0 Å². The van der Waals surface area contributed by atoms with E-state index in [1.165, 1.54) is 12.1 Å². The first-order valence-corrected chi connectivity index (χ1v) is 9.27. The van der Waals surface area contributed by atoms with Crippen molar-refractivity contribution in [3.63, 3.8) is 0 Å². The predicted octanol–water partition coefficient (Wildman–Crippen LogP) is 3.01. The fourth-order valence-corrected chi connectivity index (χ4v) is 3.30. The van der Waals surface area contributed by atoms with Crippen LogP contribution in [0.2, 0.25) is 0 Å². The van der Waals surface area contributed by atoms with Crippen LogP contribution < -0.4 is 10.6 Å². The van der Waals surface area contributed by atoms with Crippen molar-refractivity contribution in [2.45, 2.75) is 19.5 Å². The number of urea groups is 1. The molecule has 27 heavy (non-hydrogen) atoms. The molecule has 1 aliphatic rings. The fraction of sp³-hybridized carbons (Fsp3) is 0.381. The van der Waals surface area contributed by atoms with E-state index in [1.54, 1.807) is 6.07 Å². The summed E-state index contributed by atoms with van der Waals surface area (Å²) in [5.41, 5.74) is 3.09. The molecule has 0 radical (unpaired) electrons. The third kappa shape index (κ3) is 5.52. The number of hydrogen-bond acceptors (Lipinski definition) is 3. The highest BCUT2D eigenvalue weighted by Crippen LogP contribution is 2.22. The maximum absolute atomic E-state index is 13.7. The minimum atomic E-state index is -0.269. The first-order chi connectivity index (χ1) is 13.1. The monoisotopic (exact) mass is 371 g/mol. The van der Waals surface area contributed by atoms with Gasteiger partial charge < -0.3 is 15.4 Å². The first-order valence-electron chi connectivity index (χ1n) is 9.27. The Hall–Kier alpha value is -2.44. The molecule has 3 rings (SSSR count). The minimum Gasteiger partial charge on any atom is -0.379 e. The molecular formula is C21H26FN3O2. The number of carbonyl (C=O) groups is 1. The van der Waals surface area contributed by atoms with Crippen LogP contribution in [0.3, 0.4) is 0 Å². The average Bonchev–Trinajstić information content (AvgIpc) is 2.68. The van der Waals surface area contributed by atoms with Crippen LogP contribution in [0.1, 0.15) is 22.7 Å². The van der Waals surface area contributed by atoms with Crippen LogP contribution in [-0.4, -0.2) is 43.8 Å². The molecule has 0 aliphatic carbocycles. The van der Waals surface area contributed by atoms with Gasteiger partial charge in [0.05, 0.1) is 19.3 Å². The lowest BCUT2D eigenvalue weighted by Gasteiger charge is -2.35. The van der Waals surface area contributed by atoms with Crippen LogP contribution in [0.4, 0.5) is 9.18 Å². The van der Waals surface area contributed by atoms with Crippen LogP contribution >= 0.6 is 0 Å². The minimum absolute atomic E-state index is 0.0891. The SMILES string of the molecule is Cc1ccccc1CNC(=O)NCC(c1cccc(F)c1)N1CCOCC1. The van der Waals surface area contributed by atoms with Crippen LogP contribution in [0.5, 0.6) is 0 Å². The number of benzene rings is 2. The Kier molecular flexibility index (Phi) is 6.79. The molecule has 5 nitrogen and oxygen atoms in total. The second-order valence-corrected chi connectivity index (χ2v) is 6.71. The Morgan fingerprint density at radius 1 is 1.15 bits per heavy atom. The summed E-state index contributed by atoms with van der Waals surface area (Å²) in [6.07, 6.45) is 0. The Morgan fingerprint density at radius 2 is 1.93 bits per heavy atom. The molecule has 1 aliphatic heterocycles. The summed E-state index contributed by atoms with van der Waals surface area (Å²) in [5, 5.41) is 5.83. The lowest BCUT2D eigenvalue weighted by atomic mass is 10.0. The second kappa shape index (κ2) is 9.48. The number of aryl methyl sites for hydroxylation is 1. The number of hydrogen-bond donors (Lipinski definition) is 2. The zero-order valence-corrected chi connectivity index (χ0v) is 15.6. The molecule has 6 heteroatoms. The molecule has 0 aromatic heterocycles. The van der Waals surface area contributed by atoms with Gasteiger partial charge in [0.1, 0.15) is 5.82 Å². The van der Waals surface area contributed by atoms with Crippen LogP contribution in [0.15, 0.2) is 48.5 Å². The Balaban J connectivity index is 1.60. The molecule has 2 amide bonds. The Morgan fingerprint density at radius 3 is 2.67 bits per heavy atom. The van der Waals surface area contributed by atoms with Crippen molar-refractivity contribution < 1.29 is 13.9 Å². The molecule has 0 spiro atoms. The summed E-state index contributed by atoms with van der Waals surface area (Å²) >= 11 is 0. The van der Waals surface area contributed by atoms with Crippen molar-refractivity contribution in [3.05, 3.63) is 71.0 Å². The van der Waals surface area contributed by atoms with E-state index in [-0.39, 0.29) is 17.9 Å². The fourth-order valence-electron chi connectivity index (χ4n) is 3.30. The molecule has 1 saturated heterocycles. The highest BCUT2D eigenvalue weighted by Gasteiger charge is 2.23. The van der Waals surface area contributed by atoms with Crippen LogP contribution in [0, 0.1) is 12.7 Å². The molecule has 0 bridgehead atoms. The van der Waals surface area contributed by atoms with Crippen LogP contribution in [0.25, 0.3) is 0 Å². The van der Waals surface area contributed by atoms with E-state index >= 15 is 0 Å². The smallest absolute Gasteiger partial charge is 0.315 e. The third-order valence-electron chi connectivity index (χ3n) is 4.88. The molecule has 1 heterocycles. The van der Waals surface area contributed by atoms with E-state index in [4.69, 9.17) is 4.74 Å². The van der Waals surface area contributed by atoms with Gasteiger partial charge >= 0.3 is 6.03 Å². The Bertz CT molecular complexity index is 763. The lowest BCUT2D eigenvalue weighted by Crippen LogP contribution is -2.45. The van der Waals surface area contributed by atoms with E-state index in [0.29, 0.717) is 26.3 Å². The van der Waals surface area contributed by atoms with Crippen LogP contribution in [-0.2, 0) is 11.3 Å². The molecule has 2 aromatic rings. The number of nitrogens with zero attached hydrogens (tertiary/aromatic N) is 1. The second-order valence-electron chi connectivity index (χ2n) is 6.71. The van der Waals surface area contributed by atoms with E-state index in [9.17, 15) is 9.18 Å². The predicted molar refractivity (Wildman–Crippen MR) is 103 cm³/mol. The Labute approximate surface area is 159 Å². The van der Waals surface area contributed by atoms with Crippen molar-refractivity contribution >= 4 is 6.03 Å². The largest absolute Gasteiger partial charge is 0.379 e. The number of ether oxygens (including phenoxy) is 1. The van der Waals surface area contributed by atoms with Crippen molar-refractivity contribution in [2.75, 3.05) is 32.8 Å². The third-order valence-corrected chi connectivity index (χ3v) is 4.88. The quantitative estimate of drug-likeness (QED) is 0.821. The number of carbonyl (C=O) groups excluding carboxylic acids is 1. The molecule has 2 N–H and O–H groups in total. The van der Waals surface area contributed by atoms with Gasteiger partial charge in [-0.1, -0.05) is 36.4 Å². The standard InChI is InChI=1S/C21H26FN3O2/c1-16-5-2-3-6-18(16)14-23-21(26)24-15-20(25-9-11-27-12-10-25)17-7-4-8-19(22)13-17/h2-8,13,20H,9-12,14-15H2,1H3,(H2,23,24,26). The van der Waals surface area contributed by atoms with E-state index in [0.717, 1.165) is 29.8 Å². The topological polar surface area (TPSA) is 53.6 Å². The maximum Gasteiger partial charge on any atom is 0.315 e. The maximum atomic E-state index is 13.7. The molecular weight excluding hydrogens is 345 g/mol. The number of nitrogens with one attached hydrogen (secondary N) is 2. The number of morpholine rings is 1. The van der Waals surface area contributed by atoms with Gasteiger partial charge in [-0.25, -0.2) is 9.18 Å². The lowest BCUT2D eigenvalue weighted by molar-refractivity contribution is 0.0166.